The zero-order chi connectivity index (χ0) is 15.0. The molecule has 2 fully saturated rings. The molecule has 2 atom stereocenters. The molecule has 2 heterocycles. The quantitative estimate of drug-likeness (QED) is 0.487. The Morgan fingerprint density at radius 3 is 2.62 bits per heavy atom. The third kappa shape index (κ3) is 2.30. The van der Waals surface area contributed by atoms with Crippen molar-refractivity contribution in [1.29, 1.82) is 5.26 Å². The minimum Gasteiger partial charge on any atom is -0.317 e. The standard InChI is InChI=1S/C16H19N3O2/c1-19(14-3-2-4-15(19)7-6-14)11-13-9-12(10-17)5-8-16(13)18(20)21/h2,5,8-9,14-15H,3-4,6-7,11H2,1H3/q+1. The van der Waals surface area contributed by atoms with Crippen molar-refractivity contribution in [2.24, 2.45) is 0 Å². The Bertz CT molecular complexity index is 604. The Morgan fingerprint density at radius 2 is 2.05 bits per heavy atom. The van der Waals surface area contributed by atoms with Crippen LogP contribution in [0, 0.1) is 27.9 Å². The number of nitriles is 1. The molecule has 109 valence electrons. The van der Waals surface area contributed by atoms with E-state index in [1.54, 1.807) is 6.07 Å². The van der Waals surface area contributed by atoms with E-state index in [1.807, 2.05) is 0 Å². The normalized spacial score (nSPS) is 30.9. The number of nitrogens with zero attached hydrogens (tertiary/aromatic N) is 3. The van der Waals surface area contributed by atoms with Gasteiger partial charge in [0.15, 0.2) is 0 Å². The molecular formula is C16H19N3O2+. The SMILES string of the molecule is C[N+]1(Cc2cc(C#N)ccc2[N+](=O)[O-])C2C[CH]CC1CC2. The molecule has 1 aromatic rings. The Labute approximate surface area is 124 Å². The van der Waals surface area contributed by atoms with Crippen molar-refractivity contribution in [3.05, 3.63) is 45.9 Å². The number of benzene rings is 1. The molecule has 2 bridgehead atoms. The minimum atomic E-state index is -0.333. The lowest BCUT2D eigenvalue weighted by atomic mass is 9.97. The van der Waals surface area contributed by atoms with Crippen LogP contribution < -0.4 is 0 Å². The molecule has 0 aromatic heterocycles. The molecule has 0 N–H and O–H groups in total. The van der Waals surface area contributed by atoms with Gasteiger partial charge in [0.05, 0.1) is 41.3 Å². The van der Waals surface area contributed by atoms with Crippen molar-refractivity contribution in [2.45, 2.75) is 44.3 Å². The summed E-state index contributed by atoms with van der Waals surface area (Å²) in [6.45, 7) is 0.648. The average molecular weight is 285 g/mol. The van der Waals surface area contributed by atoms with Gasteiger partial charge in [-0.2, -0.15) is 5.26 Å². The fourth-order valence-electron chi connectivity index (χ4n) is 4.06. The lowest BCUT2D eigenvalue weighted by Gasteiger charge is -2.44. The number of fused-ring (bicyclic) bond motifs is 2. The molecule has 2 aliphatic rings. The summed E-state index contributed by atoms with van der Waals surface area (Å²) in [5.74, 6) is 0. The molecule has 5 heteroatoms. The predicted octanol–water partition coefficient (Wildman–Crippen LogP) is 2.94. The fourth-order valence-corrected chi connectivity index (χ4v) is 4.06. The van der Waals surface area contributed by atoms with Crippen molar-refractivity contribution >= 4 is 5.69 Å². The van der Waals surface area contributed by atoms with Crippen LogP contribution in [-0.2, 0) is 6.54 Å². The van der Waals surface area contributed by atoms with Crippen LogP contribution in [0.15, 0.2) is 18.2 Å². The highest BCUT2D eigenvalue weighted by atomic mass is 16.6. The molecular weight excluding hydrogens is 266 g/mol. The summed E-state index contributed by atoms with van der Waals surface area (Å²) in [7, 11) is 2.22. The summed E-state index contributed by atoms with van der Waals surface area (Å²) in [6, 6.07) is 7.91. The first-order chi connectivity index (χ1) is 10.0. The van der Waals surface area contributed by atoms with Gasteiger partial charge in [-0.3, -0.25) is 10.1 Å². The Kier molecular flexibility index (Phi) is 3.42. The first-order valence-electron chi connectivity index (χ1n) is 7.38. The Morgan fingerprint density at radius 1 is 1.38 bits per heavy atom. The van der Waals surface area contributed by atoms with Crippen LogP contribution in [0.25, 0.3) is 0 Å². The second-order valence-corrected chi connectivity index (χ2v) is 6.36. The van der Waals surface area contributed by atoms with Gasteiger partial charge in [-0.25, -0.2) is 0 Å². The topological polar surface area (TPSA) is 66.9 Å². The van der Waals surface area contributed by atoms with Gasteiger partial charge in [0, 0.05) is 31.7 Å². The number of rotatable bonds is 3. The predicted molar refractivity (Wildman–Crippen MR) is 78.0 cm³/mol. The van der Waals surface area contributed by atoms with E-state index in [4.69, 9.17) is 5.26 Å². The van der Waals surface area contributed by atoms with E-state index in [2.05, 4.69) is 19.5 Å². The van der Waals surface area contributed by atoms with Gasteiger partial charge < -0.3 is 4.48 Å². The number of hydrogen-bond acceptors (Lipinski definition) is 3. The van der Waals surface area contributed by atoms with Crippen molar-refractivity contribution in [1.82, 2.24) is 0 Å². The highest BCUT2D eigenvalue weighted by molar-refractivity contribution is 5.46. The number of hydrogen-bond donors (Lipinski definition) is 0. The van der Waals surface area contributed by atoms with E-state index < -0.39 is 0 Å². The van der Waals surface area contributed by atoms with Gasteiger partial charge in [0.2, 0.25) is 0 Å². The van der Waals surface area contributed by atoms with E-state index >= 15 is 0 Å². The molecule has 1 aromatic carbocycles. The highest BCUT2D eigenvalue weighted by Crippen LogP contribution is 2.42. The second-order valence-electron chi connectivity index (χ2n) is 6.36. The third-order valence-electron chi connectivity index (χ3n) is 5.30. The van der Waals surface area contributed by atoms with Gasteiger partial charge in [-0.05, 0) is 18.6 Å². The maximum Gasteiger partial charge on any atom is 0.278 e. The van der Waals surface area contributed by atoms with Gasteiger partial charge >= 0.3 is 0 Å². The molecule has 0 amide bonds. The number of nitro groups is 1. The zero-order valence-electron chi connectivity index (χ0n) is 12.2. The van der Waals surface area contributed by atoms with Crippen LogP contribution in [0.4, 0.5) is 5.69 Å². The van der Waals surface area contributed by atoms with Gasteiger partial charge in [-0.15, -0.1) is 0 Å². The van der Waals surface area contributed by atoms with Crippen LogP contribution in [-0.4, -0.2) is 28.5 Å². The van der Waals surface area contributed by atoms with Crippen molar-refractivity contribution < 1.29 is 9.41 Å². The van der Waals surface area contributed by atoms with Crippen LogP contribution >= 0.6 is 0 Å². The first-order valence-corrected chi connectivity index (χ1v) is 7.38. The molecule has 0 saturated carbocycles. The highest BCUT2D eigenvalue weighted by Gasteiger charge is 2.49. The molecule has 5 nitrogen and oxygen atoms in total. The number of quaternary nitrogens is 1. The summed E-state index contributed by atoms with van der Waals surface area (Å²) in [6.07, 6.45) is 6.95. The lowest BCUT2D eigenvalue weighted by Crippen LogP contribution is -2.55. The maximum absolute atomic E-state index is 11.3. The summed E-state index contributed by atoms with van der Waals surface area (Å²) in [5, 5.41) is 20.3. The van der Waals surface area contributed by atoms with E-state index in [0.717, 1.165) is 17.3 Å². The van der Waals surface area contributed by atoms with E-state index in [1.165, 1.54) is 25.0 Å². The fraction of sp³-hybridized carbons (Fsp3) is 0.500. The summed E-state index contributed by atoms with van der Waals surface area (Å²) < 4.78 is 0.881. The molecule has 0 aliphatic carbocycles. The number of piperidine rings is 1. The van der Waals surface area contributed by atoms with Gasteiger partial charge in [0.25, 0.3) is 5.69 Å². The Balaban J connectivity index is 1.97. The molecule has 0 spiro atoms. The van der Waals surface area contributed by atoms with Crippen molar-refractivity contribution in [3.63, 3.8) is 0 Å². The zero-order valence-corrected chi connectivity index (χ0v) is 12.2. The molecule has 21 heavy (non-hydrogen) atoms. The minimum absolute atomic E-state index is 0.141. The van der Waals surface area contributed by atoms with E-state index in [-0.39, 0.29) is 10.6 Å². The van der Waals surface area contributed by atoms with Crippen LogP contribution in [0.1, 0.15) is 36.8 Å². The van der Waals surface area contributed by atoms with Crippen molar-refractivity contribution in [3.8, 4) is 6.07 Å². The summed E-state index contributed by atoms with van der Waals surface area (Å²) in [4.78, 5) is 10.9. The second kappa shape index (κ2) is 5.12. The number of nitro benzene ring substituents is 1. The first kappa shape index (κ1) is 14.0. The van der Waals surface area contributed by atoms with Crippen molar-refractivity contribution in [2.75, 3.05) is 7.05 Å². The smallest absolute Gasteiger partial charge is 0.278 e. The average Bonchev–Trinajstić information content (AvgIpc) is 2.67. The summed E-state index contributed by atoms with van der Waals surface area (Å²) >= 11 is 0. The molecule has 2 saturated heterocycles. The Hall–Kier alpha value is -1.93. The van der Waals surface area contributed by atoms with E-state index in [0.29, 0.717) is 29.8 Å². The molecule has 1 radical (unpaired) electrons. The van der Waals surface area contributed by atoms with Crippen LogP contribution in [0.3, 0.4) is 0 Å². The lowest BCUT2D eigenvalue weighted by molar-refractivity contribution is -0.959. The van der Waals surface area contributed by atoms with Crippen LogP contribution in [0.5, 0.6) is 0 Å². The largest absolute Gasteiger partial charge is 0.317 e. The molecule has 2 aliphatic heterocycles. The molecule has 3 rings (SSSR count). The van der Waals surface area contributed by atoms with E-state index in [9.17, 15) is 10.1 Å². The monoisotopic (exact) mass is 285 g/mol. The summed E-state index contributed by atoms with van der Waals surface area (Å²) in [5.41, 5.74) is 1.33. The van der Waals surface area contributed by atoms with Gasteiger partial charge in [-0.1, -0.05) is 0 Å². The maximum atomic E-state index is 11.3. The van der Waals surface area contributed by atoms with Crippen LogP contribution in [0.2, 0.25) is 0 Å². The third-order valence-corrected chi connectivity index (χ3v) is 5.30. The molecule has 2 unspecified atom stereocenters. The van der Waals surface area contributed by atoms with Gasteiger partial charge in [0.1, 0.15) is 6.54 Å².